The van der Waals surface area contributed by atoms with Crippen molar-refractivity contribution >= 4 is 29.2 Å². The van der Waals surface area contributed by atoms with E-state index >= 15 is 0 Å². The number of piperazine rings is 1. The summed E-state index contributed by atoms with van der Waals surface area (Å²) in [5, 5.41) is 3.53. The summed E-state index contributed by atoms with van der Waals surface area (Å²) < 4.78 is 5.07. The molecule has 1 aromatic carbocycles. The van der Waals surface area contributed by atoms with Crippen LogP contribution in [0.25, 0.3) is 0 Å². The first-order valence-electron chi connectivity index (χ1n) is 11.8. The number of anilines is 2. The first kappa shape index (κ1) is 23.1. The number of fused-ring (bicyclic) bond motifs is 1. The summed E-state index contributed by atoms with van der Waals surface area (Å²) in [5.74, 6) is 0.141. The summed E-state index contributed by atoms with van der Waals surface area (Å²) in [6.07, 6.45) is 0.972. The highest BCUT2D eigenvalue weighted by molar-refractivity contribution is 6.01. The van der Waals surface area contributed by atoms with E-state index < -0.39 is 0 Å². The van der Waals surface area contributed by atoms with Crippen molar-refractivity contribution in [2.24, 2.45) is 5.41 Å². The number of hydrogen-bond donors (Lipinski definition) is 1. The Kier molecular flexibility index (Phi) is 6.36. The number of ketones is 1. The Balaban J connectivity index is 1.55. The van der Waals surface area contributed by atoms with Crippen LogP contribution in [0, 0.1) is 5.41 Å². The second-order valence-electron chi connectivity index (χ2n) is 9.85. The molecule has 2 amide bonds. The van der Waals surface area contributed by atoms with E-state index in [4.69, 9.17) is 4.74 Å². The normalized spacial score (nSPS) is 22.2. The molecule has 178 valence electrons. The van der Waals surface area contributed by atoms with Gasteiger partial charge in [0.15, 0.2) is 5.78 Å². The van der Waals surface area contributed by atoms with E-state index in [9.17, 15) is 14.4 Å². The van der Waals surface area contributed by atoms with Crippen LogP contribution in [-0.2, 0) is 14.3 Å². The van der Waals surface area contributed by atoms with Crippen LogP contribution in [0.1, 0.15) is 40.5 Å². The van der Waals surface area contributed by atoms with Gasteiger partial charge in [-0.3, -0.25) is 9.59 Å². The van der Waals surface area contributed by atoms with E-state index in [-0.39, 0.29) is 35.8 Å². The Morgan fingerprint density at radius 3 is 2.45 bits per heavy atom. The Morgan fingerprint density at radius 1 is 1.09 bits per heavy atom. The number of benzene rings is 1. The summed E-state index contributed by atoms with van der Waals surface area (Å²) in [6, 6.07) is 7.70. The zero-order valence-electron chi connectivity index (χ0n) is 20.0. The number of rotatable bonds is 3. The van der Waals surface area contributed by atoms with Gasteiger partial charge in [0.05, 0.1) is 30.6 Å². The van der Waals surface area contributed by atoms with Crippen LogP contribution in [0.2, 0.25) is 0 Å². The van der Waals surface area contributed by atoms with Crippen LogP contribution in [0.15, 0.2) is 35.5 Å². The summed E-state index contributed by atoms with van der Waals surface area (Å²) in [7, 11) is 0. The van der Waals surface area contributed by atoms with Gasteiger partial charge in [0.2, 0.25) is 5.91 Å². The maximum Gasteiger partial charge on any atom is 0.409 e. The number of para-hydroxylation sites is 2. The number of hydrogen-bond acceptors (Lipinski definition) is 6. The molecule has 8 heteroatoms. The summed E-state index contributed by atoms with van der Waals surface area (Å²) in [6.45, 7) is 10.4. The van der Waals surface area contributed by atoms with Crippen LogP contribution in [-0.4, -0.2) is 73.0 Å². The van der Waals surface area contributed by atoms with Crippen LogP contribution in [0.3, 0.4) is 0 Å². The predicted molar refractivity (Wildman–Crippen MR) is 127 cm³/mol. The second kappa shape index (κ2) is 9.08. The number of Topliss-reactive ketones (excluding diaryl/α,β-unsaturated/α-hetero) is 1. The maximum atomic E-state index is 13.3. The molecule has 8 nitrogen and oxygen atoms in total. The van der Waals surface area contributed by atoms with Gasteiger partial charge in [0, 0.05) is 43.9 Å². The van der Waals surface area contributed by atoms with Crippen molar-refractivity contribution in [1.29, 1.82) is 0 Å². The maximum absolute atomic E-state index is 13.3. The number of ether oxygens (including phenoxy) is 1. The van der Waals surface area contributed by atoms with E-state index in [1.807, 2.05) is 36.1 Å². The Bertz CT molecular complexity index is 978. The lowest BCUT2D eigenvalue weighted by Gasteiger charge is -2.38. The van der Waals surface area contributed by atoms with E-state index in [1.54, 1.807) is 16.7 Å². The lowest BCUT2D eigenvalue weighted by Crippen LogP contribution is -2.53. The molecule has 0 spiro atoms. The third kappa shape index (κ3) is 4.70. The summed E-state index contributed by atoms with van der Waals surface area (Å²) >= 11 is 0. The molecule has 33 heavy (non-hydrogen) atoms. The van der Waals surface area contributed by atoms with E-state index in [1.165, 1.54) is 0 Å². The first-order valence-corrected chi connectivity index (χ1v) is 11.8. The van der Waals surface area contributed by atoms with E-state index in [0.29, 0.717) is 39.2 Å². The molecule has 1 fully saturated rings. The molecule has 0 aromatic heterocycles. The predicted octanol–water partition coefficient (Wildman–Crippen LogP) is 3.25. The minimum absolute atomic E-state index is 0.00667. The van der Waals surface area contributed by atoms with Gasteiger partial charge in [-0.15, -0.1) is 0 Å². The minimum atomic E-state index is -0.330. The lowest BCUT2D eigenvalue weighted by molar-refractivity contribution is -0.131. The third-order valence-electron chi connectivity index (χ3n) is 6.77. The Hall–Kier alpha value is -3.03. The zero-order valence-corrected chi connectivity index (χ0v) is 20.0. The standard InChI is InChI=1S/C25H34N4O4/c1-5-33-24(32)28-12-10-27(11-13-28)22(31)16-29-17(2)23-19(14-25(3,4)15-21(23)30)26-18-8-6-7-9-20(18)29/h6-9,17,26H,5,10-16H2,1-4H3. The van der Waals surface area contributed by atoms with Gasteiger partial charge in [0.1, 0.15) is 0 Å². The van der Waals surface area contributed by atoms with Crippen LogP contribution in [0.5, 0.6) is 0 Å². The average molecular weight is 455 g/mol. The van der Waals surface area contributed by atoms with Crippen molar-refractivity contribution in [1.82, 2.24) is 9.80 Å². The molecule has 1 unspecified atom stereocenters. The van der Waals surface area contributed by atoms with Gasteiger partial charge < -0.3 is 24.8 Å². The number of carbonyl (C=O) groups excluding carboxylic acids is 3. The molecule has 1 aliphatic carbocycles. The zero-order chi connectivity index (χ0) is 23.8. The molecule has 0 radical (unpaired) electrons. The van der Waals surface area contributed by atoms with Crippen molar-refractivity contribution in [3.05, 3.63) is 35.5 Å². The van der Waals surface area contributed by atoms with Crippen LogP contribution >= 0.6 is 0 Å². The molecule has 1 aromatic rings. The molecular formula is C25H34N4O4. The smallest absolute Gasteiger partial charge is 0.409 e. The molecule has 1 N–H and O–H groups in total. The SMILES string of the molecule is CCOC(=O)N1CCN(C(=O)CN2c3ccccc3NC3=C(C(=O)CC(C)(C)C3)C2C)CC1. The van der Waals surface area contributed by atoms with Crippen molar-refractivity contribution in [2.45, 2.75) is 46.6 Å². The fraction of sp³-hybridized carbons (Fsp3) is 0.560. The van der Waals surface area contributed by atoms with E-state index in [0.717, 1.165) is 29.1 Å². The van der Waals surface area contributed by atoms with Gasteiger partial charge in [-0.05, 0) is 37.8 Å². The number of nitrogens with zero attached hydrogens (tertiary/aromatic N) is 3. The summed E-state index contributed by atoms with van der Waals surface area (Å²) in [4.78, 5) is 43.9. The largest absolute Gasteiger partial charge is 0.450 e. The van der Waals surface area contributed by atoms with Crippen molar-refractivity contribution in [3.63, 3.8) is 0 Å². The summed E-state index contributed by atoms with van der Waals surface area (Å²) in [5.41, 5.74) is 3.49. The van der Waals surface area contributed by atoms with Crippen LogP contribution < -0.4 is 10.2 Å². The topological polar surface area (TPSA) is 82.2 Å². The molecule has 4 rings (SSSR count). The van der Waals surface area contributed by atoms with Gasteiger partial charge in [-0.25, -0.2) is 4.79 Å². The molecular weight excluding hydrogens is 420 g/mol. The highest BCUT2D eigenvalue weighted by Crippen LogP contribution is 2.43. The van der Waals surface area contributed by atoms with E-state index in [2.05, 4.69) is 19.2 Å². The van der Waals surface area contributed by atoms with Crippen molar-refractivity contribution in [2.75, 3.05) is 49.5 Å². The number of carbonyl (C=O) groups is 3. The van der Waals surface area contributed by atoms with Gasteiger partial charge in [0.25, 0.3) is 0 Å². The van der Waals surface area contributed by atoms with Gasteiger partial charge in [-0.2, -0.15) is 0 Å². The molecule has 2 heterocycles. The van der Waals surface area contributed by atoms with Crippen molar-refractivity contribution < 1.29 is 19.1 Å². The number of nitrogens with one attached hydrogen (secondary N) is 1. The Labute approximate surface area is 195 Å². The average Bonchev–Trinajstić information content (AvgIpc) is 2.87. The highest BCUT2D eigenvalue weighted by Gasteiger charge is 2.40. The van der Waals surface area contributed by atoms with Crippen molar-refractivity contribution in [3.8, 4) is 0 Å². The molecule has 3 aliphatic rings. The molecule has 1 saturated heterocycles. The third-order valence-corrected chi connectivity index (χ3v) is 6.77. The minimum Gasteiger partial charge on any atom is -0.450 e. The number of allylic oxidation sites excluding steroid dienone is 1. The quantitative estimate of drug-likeness (QED) is 0.755. The molecule has 1 atom stereocenters. The first-order chi connectivity index (χ1) is 15.7. The highest BCUT2D eigenvalue weighted by atomic mass is 16.6. The molecule has 0 bridgehead atoms. The molecule has 0 saturated carbocycles. The fourth-order valence-corrected chi connectivity index (χ4v) is 5.11. The number of amides is 2. The van der Waals surface area contributed by atoms with Gasteiger partial charge in [-0.1, -0.05) is 26.0 Å². The van der Waals surface area contributed by atoms with Crippen LogP contribution in [0.4, 0.5) is 16.2 Å². The van der Waals surface area contributed by atoms with Gasteiger partial charge >= 0.3 is 6.09 Å². The monoisotopic (exact) mass is 454 g/mol. The second-order valence-corrected chi connectivity index (χ2v) is 9.85. The lowest BCUT2D eigenvalue weighted by atomic mass is 9.74. The fourth-order valence-electron chi connectivity index (χ4n) is 5.11. The molecule has 2 aliphatic heterocycles. The Morgan fingerprint density at radius 2 is 1.76 bits per heavy atom.